The van der Waals surface area contributed by atoms with Crippen LogP contribution in [0.5, 0.6) is 0 Å². The van der Waals surface area contributed by atoms with Crippen LogP contribution in [0.1, 0.15) is 15.9 Å². The maximum Gasteiger partial charge on any atom is 0.255 e. The van der Waals surface area contributed by atoms with Crippen molar-refractivity contribution in [3.8, 4) is 0 Å². The lowest BCUT2D eigenvalue weighted by Gasteiger charge is -2.12. The molecule has 2 rings (SSSR count). The van der Waals surface area contributed by atoms with Crippen molar-refractivity contribution in [2.24, 2.45) is 0 Å². The summed E-state index contributed by atoms with van der Waals surface area (Å²) < 4.78 is 26.2. The highest BCUT2D eigenvalue weighted by Gasteiger charge is 2.17. The maximum atomic E-state index is 12.2. The van der Waals surface area contributed by atoms with Gasteiger partial charge in [0, 0.05) is 28.9 Å². The molecule has 0 aliphatic rings. The third kappa shape index (κ3) is 4.10. The van der Waals surface area contributed by atoms with E-state index < -0.39 is 10.0 Å². The molecule has 5 nitrogen and oxygen atoms in total. The number of hydrogen-bond donors (Lipinski definition) is 1. The molecule has 0 heterocycles. The van der Waals surface area contributed by atoms with Crippen LogP contribution in [-0.2, 0) is 10.0 Å². The Morgan fingerprint density at radius 3 is 2.22 bits per heavy atom. The molecule has 0 atom stereocenters. The van der Waals surface area contributed by atoms with Crippen LogP contribution in [0.2, 0.25) is 0 Å². The summed E-state index contributed by atoms with van der Waals surface area (Å²) in [5.74, 6) is -0.230. The van der Waals surface area contributed by atoms with Gasteiger partial charge in [-0.15, -0.1) is 0 Å². The lowest BCUT2D eigenvalue weighted by molar-refractivity contribution is 0.102. The number of halogens is 1. The Kier molecular flexibility index (Phi) is 5.43. The van der Waals surface area contributed by atoms with Gasteiger partial charge in [-0.3, -0.25) is 4.79 Å². The molecule has 0 saturated carbocycles. The fourth-order valence-electron chi connectivity index (χ4n) is 1.86. The Hall–Kier alpha value is -1.45. The van der Waals surface area contributed by atoms with E-state index in [1.54, 1.807) is 18.2 Å². The number of aryl methyl sites for hydroxylation is 1. The molecule has 1 N–H and O–H groups in total. The number of rotatable bonds is 4. The molecule has 0 aromatic heterocycles. The predicted molar refractivity (Wildman–Crippen MR) is 99.2 cm³/mol. The first-order chi connectivity index (χ1) is 10.7. The fourth-order valence-corrected chi connectivity index (χ4v) is 3.28. The van der Waals surface area contributed by atoms with Crippen LogP contribution in [0.25, 0.3) is 0 Å². The van der Waals surface area contributed by atoms with Crippen molar-refractivity contribution in [3.05, 3.63) is 57.2 Å². The van der Waals surface area contributed by atoms with Gasteiger partial charge >= 0.3 is 0 Å². The molecule has 0 aliphatic heterocycles. The van der Waals surface area contributed by atoms with Gasteiger partial charge in [0.15, 0.2) is 0 Å². The number of carbonyl (C=O) groups is 1. The Bertz CT molecular complexity index is 831. The number of hydrogen-bond acceptors (Lipinski definition) is 3. The fraction of sp³-hybridized carbons (Fsp3) is 0.188. The summed E-state index contributed by atoms with van der Waals surface area (Å²) in [5, 5.41) is 2.76. The minimum absolute atomic E-state index is 0.186. The van der Waals surface area contributed by atoms with E-state index in [1.807, 2.05) is 19.1 Å². The molecule has 0 unspecified atom stereocenters. The smallest absolute Gasteiger partial charge is 0.255 e. The summed E-state index contributed by atoms with van der Waals surface area (Å²) >= 11 is 2.18. The van der Waals surface area contributed by atoms with E-state index in [0.717, 1.165) is 13.4 Å². The minimum Gasteiger partial charge on any atom is -0.322 e. The topological polar surface area (TPSA) is 66.5 Å². The van der Waals surface area contributed by atoms with E-state index in [1.165, 1.54) is 26.2 Å². The van der Waals surface area contributed by atoms with E-state index >= 15 is 0 Å². The van der Waals surface area contributed by atoms with Crippen molar-refractivity contribution in [1.29, 1.82) is 0 Å². The van der Waals surface area contributed by atoms with E-state index in [2.05, 4.69) is 27.9 Å². The second-order valence-electron chi connectivity index (χ2n) is 5.23. The standard InChI is InChI=1S/C16H17IN2O3S/c1-11-4-5-12(10-15(11)17)16(20)18-13-6-8-14(9-7-13)23(21,22)19(2)3/h4-10H,1-3H3,(H,18,20). The molecule has 0 radical (unpaired) electrons. The molecule has 23 heavy (non-hydrogen) atoms. The zero-order valence-electron chi connectivity index (χ0n) is 13.0. The first-order valence-corrected chi connectivity index (χ1v) is 9.34. The summed E-state index contributed by atoms with van der Waals surface area (Å²) in [6.07, 6.45) is 0. The lowest BCUT2D eigenvalue weighted by Crippen LogP contribution is -2.22. The van der Waals surface area contributed by atoms with Gasteiger partial charge in [0.25, 0.3) is 5.91 Å². The summed E-state index contributed by atoms with van der Waals surface area (Å²) in [6.45, 7) is 1.98. The van der Waals surface area contributed by atoms with Crippen molar-refractivity contribution in [2.45, 2.75) is 11.8 Å². The van der Waals surface area contributed by atoms with Crippen LogP contribution in [0.15, 0.2) is 47.4 Å². The van der Waals surface area contributed by atoms with Gasteiger partial charge in [0.1, 0.15) is 0 Å². The zero-order valence-corrected chi connectivity index (χ0v) is 16.0. The Labute approximate surface area is 149 Å². The van der Waals surface area contributed by atoms with Crippen molar-refractivity contribution in [3.63, 3.8) is 0 Å². The summed E-state index contributed by atoms with van der Waals surface area (Å²) in [7, 11) is -0.513. The quantitative estimate of drug-likeness (QED) is 0.738. The molecule has 0 saturated heterocycles. The van der Waals surface area contributed by atoms with Gasteiger partial charge < -0.3 is 5.32 Å². The predicted octanol–water partition coefficient (Wildman–Crippen LogP) is 3.10. The van der Waals surface area contributed by atoms with Gasteiger partial charge in [-0.1, -0.05) is 6.07 Å². The summed E-state index contributed by atoms with van der Waals surface area (Å²) in [6, 6.07) is 11.6. The van der Waals surface area contributed by atoms with E-state index in [-0.39, 0.29) is 10.8 Å². The molecule has 2 aromatic rings. The molecule has 7 heteroatoms. The molecule has 1 amide bonds. The highest BCUT2D eigenvalue weighted by Crippen LogP contribution is 2.18. The molecule has 0 bridgehead atoms. The number of nitrogens with zero attached hydrogens (tertiary/aromatic N) is 1. The van der Waals surface area contributed by atoms with Crippen LogP contribution in [0.4, 0.5) is 5.69 Å². The van der Waals surface area contributed by atoms with E-state index in [4.69, 9.17) is 0 Å². The normalized spacial score (nSPS) is 11.5. The van der Waals surface area contributed by atoms with E-state index in [0.29, 0.717) is 11.3 Å². The average Bonchev–Trinajstić information content (AvgIpc) is 2.50. The lowest BCUT2D eigenvalue weighted by atomic mass is 10.1. The second kappa shape index (κ2) is 6.98. The highest BCUT2D eigenvalue weighted by molar-refractivity contribution is 14.1. The van der Waals surface area contributed by atoms with Crippen LogP contribution in [0, 0.1) is 10.5 Å². The molecule has 0 spiro atoms. The number of carbonyl (C=O) groups excluding carboxylic acids is 1. The number of anilines is 1. The summed E-state index contributed by atoms with van der Waals surface area (Å²) in [4.78, 5) is 12.4. The SMILES string of the molecule is Cc1ccc(C(=O)Nc2ccc(S(=O)(=O)N(C)C)cc2)cc1I. The average molecular weight is 444 g/mol. The number of nitrogens with one attached hydrogen (secondary N) is 1. The van der Waals surface area contributed by atoms with Gasteiger partial charge in [0.2, 0.25) is 10.0 Å². The number of sulfonamides is 1. The van der Waals surface area contributed by atoms with E-state index in [9.17, 15) is 13.2 Å². The third-order valence-electron chi connectivity index (χ3n) is 3.32. The Morgan fingerprint density at radius 1 is 1.09 bits per heavy atom. The molecular formula is C16H17IN2O3S. The molecule has 2 aromatic carbocycles. The molecule has 0 aliphatic carbocycles. The van der Waals surface area contributed by atoms with Crippen molar-refractivity contribution >= 4 is 44.2 Å². The largest absolute Gasteiger partial charge is 0.322 e. The zero-order chi connectivity index (χ0) is 17.2. The number of amides is 1. The minimum atomic E-state index is -3.47. The molecule has 0 fully saturated rings. The van der Waals surface area contributed by atoms with Gasteiger partial charge in [0.05, 0.1) is 4.90 Å². The van der Waals surface area contributed by atoms with Crippen molar-refractivity contribution < 1.29 is 13.2 Å². The van der Waals surface area contributed by atoms with Crippen molar-refractivity contribution in [1.82, 2.24) is 4.31 Å². The van der Waals surface area contributed by atoms with Gasteiger partial charge in [-0.2, -0.15) is 0 Å². The van der Waals surface area contributed by atoms with Gasteiger partial charge in [-0.25, -0.2) is 12.7 Å². The Balaban J connectivity index is 2.18. The van der Waals surface area contributed by atoms with Crippen LogP contribution >= 0.6 is 22.6 Å². The Morgan fingerprint density at radius 2 is 1.70 bits per heavy atom. The first kappa shape index (κ1) is 17.9. The highest BCUT2D eigenvalue weighted by atomic mass is 127. The monoisotopic (exact) mass is 444 g/mol. The van der Waals surface area contributed by atoms with Crippen molar-refractivity contribution in [2.75, 3.05) is 19.4 Å². The first-order valence-electron chi connectivity index (χ1n) is 6.82. The summed E-state index contributed by atoms with van der Waals surface area (Å²) in [5.41, 5.74) is 2.22. The molecular weight excluding hydrogens is 427 g/mol. The van der Waals surface area contributed by atoms with Gasteiger partial charge in [-0.05, 0) is 71.5 Å². The molecule has 122 valence electrons. The number of benzene rings is 2. The maximum absolute atomic E-state index is 12.2. The van der Waals surface area contributed by atoms with Crippen LogP contribution < -0.4 is 5.32 Å². The third-order valence-corrected chi connectivity index (χ3v) is 6.32. The van der Waals surface area contributed by atoms with Crippen LogP contribution in [0.3, 0.4) is 0 Å². The van der Waals surface area contributed by atoms with Crippen LogP contribution in [-0.4, -0.2) is 32.7 Å². The second-order valence-corrected chi connectivity index (χ2v) is 8.54.